The van der Waals surface area contributed by atoms with Gasteiger partial charge in [-0.3, -0.25) is 9.78 Å². The monoisotopic (exact) mass is 421 g/mol. The van der Waals surface area contributed by atoms with Crippen LogP contribution in [0, 0.1) is 6.92 Å². The van der Waals surface area contributed by atoms with E-state index in [1.807, 2.05) is 43.3 Å². The number of carbonyl (C=O) groups excluding carboxylic acids is 1. The Morgan fingerprint density at radius 3 is 2.40 bits per heavy atom. The standard InChI is InChI=1S/C23H23N3O3S/c1-17-6-8-21(9-7-17)30(28,29)26-16-20-5-3-2-4-19(20)14-22(26)23(27)25-15-18-10-12-24-13-11-18/h2-13,22H,14-16H2,1H3,(H,25,27)/t22-/m1/s1. The summed E-state index contributed by atoms with van der Waals surface area (Å²) < 4.78 is 28.2. The van der Waals surface area contributed by atoms with E-state index in [9.17, 15) is 13.2 Å². The van der Waals surface area contributed by atoms with Gasteiger partial charge in [0.1, 0.15) is 6.04 Å². The highest BCUT2D eigenvalue weighted by atomic mass is 32.2. The van der Waals surface area contributed by atoms with Crippen LogP contribution in [0.5, 0.6) is 0 Å². The number of sulfonamides is 1. The van der Waals surface area contributed by atoms with Gasteiger partial charge in [-0.05, 0) is 54.3 Å². The van der Waals surface area contributed by atoms with Gasteiger partial charge in [-0.1, -0.05) is 42.0 Å². The fourth-order valence-electron chi connectivity index (χ4n) is 3.63. The van der Waals surface area contributed by atoms with E-state index < -0.39 is 16.1 Å². The summed E-state index contributed by atoms with van der Waals surface area (Å²) in [5.74, 6) is -0.308. The maximum Gasteiger partial charge on any atom is 0.244 e. The molecule has 0 saturated heterocycles. The summed E-state index contributed by atoms with van der Waals surface area (Å²) in [5, 5.41) is 2.89. The van der Waals surface area contributed by atoms with Gasteiger partial charge < -0.3 is 5.32 Å². The average molecular weight is 422 g/mol. The summed E-state index contributed by atoms with van der Waals surface area (Å²) in [5.41, 5.74) is 3.80. The third-order valence-electron chi connectivity index (χ3n) is 5.35. The van der Waals surface area contributed by atoms with E-state index in [0.29, 0.717) is 13.0 Å². The first-order valence-electron chi connectivity index (χ1n) is 9.77. The Morgan fingerprint density at radius 2 is 1.70 bits per heavy atom. The first-order chi connectivity index (χ1) is 14.4. The molecule has 1 amide bonds. The maximum absolute atomic E-state index is 13.4. The highest BCUT2D eigenvalue weighted by Crippen LogP contribution is 2.29. The molecule has 6 nitrogen and oxygen atoms in total. The van der Waals surface area contributed by atoms with Crippen LogP contribution in [0.25, 0.3) is 0 Å². The molecule has 0 bridgehead atoms. The lowest BCUT2D eigenvalue weighted by Gasteiger charge is -2.35. The van der Waals surface area contributed by atoms with Crippen molar-refractivity contribution in [3.8, 4) is 0 Å². The van der Waals surface area contributed by atoms with Gasteiger partial charge in [0.15, 0.2) is 0 Å². The van der Waals surface area contributed by atoms with Gasteiger partial charge in [-0.2, -0.15) is 4.31 Å². The molecule has 1 N–H and O–H groups in total. The predicted octanol–water partition coefficient (Wildman–Crippen LogP) is 2.82. The zero-order chi connectivity index (χ0) is 21.1. The minimum absolute atomic E-state index is 0.166. The smallest absolute Gasteiger partial charge is 0.244 e. The number of nitrogens with zero attached hydrogens (tertiary/aromatic N) is 2. The van der Waals surface area contributed by atoms with Crippen LogP contribution in [0.1, 0.15) is 22.3 Å². The van der Waals surface area contributed by atoms with Crippen LogP contribution < -0.4 is 5.32 Å². The average Bonchev–Trinajstić information content (AvgIpc) is 2.77. The van der Waals surface area contributed by atoms with Gasteiger partial charge in [0, 0.05) is 25.5 Å². The van der Waals surface area contributed by atoms with Gasteiger partial charge in [-0.15, -0.1) is 0 Å². The van der Waals surface area contributed by atoms with Gasteiger partial charge >= 0.3 is 0 Å². The molecule has 1 aliphatic rings. The third-order valence-corrected chi connectivity index (χ3v) is 7.22. The molecule has 1 aromatic heterocycles. The van der Waals surface area contributed by atoms with Crippen molar-refractivity contribution in [2.75, 3.05) is 0 Å². The van der Waals surface area contributed by atoms with E-state index in [4.69, 9.17) is 0 Å². The summed E-state index contributed by atoms with van der Waals surface area (Å²) >= 11 is 0. The first kappa shape index (κ1) is 20.3. The number of carbonyl (C=O) groups is 1. The number of pyridine rings is 1. The Morgan fingerprint density at radius 1 is 1.03 bits per heavy atom. The molecule has 0 aliphatic carbocycles. The number of amides is 1. The highest BCUT2D eigenvalue weighted by molar-refractivity contribution is 7.89. The number of fused-ring (bicyclic) bond motifs is 1. The fourth-order valence-corrected chi connectivity index (χ4v) is 5.19. The first-order valence-corrected chi connectivity index (χ1v) is 11.2. The van der Waals surface area contributed by atoms with Crippen LogP contribution in [-0.2, 0) is 34.3 Å². The molecule has 4 rings (SSSR count). The molecule has 0 radical (unpaired) electrons. The van der Waals surface area contributed by atoms with E-state index in [0.717, 1.165) is 22.3 Å². The van der Waals surface area contributed by atoms with Crippen LogP contribution in [0.4, 0.5) is 0 Å². The van der Waals surface area contributed by atoms with Crippen molar-refractivity contribution >= 4 is 15.9 Å². The number of aryl methyl sites for hydroxylation is 1. The predicted molar refractivity (Wildman–Crippen MR) is 114 cm³/mol. The number of benzene rings is 2. The number of rotatable bonds is 5. The van der Waals surface area contributed by atoms with Gasteiger partial charge in [-0.25, -0.2) is 8.42 Å². The summed E-state index contributed by atoms with van der Waals surface area (Å²) in [6, 6.07) is 17.2. The number of hydrogen-bond acceptors (Lipinski definition) is 4. The second-order valence-corrected chi connectivity index (χ2v) is 9.32. The molecule has 0 fully saturated rings. The van der Waals surface area contributed by atoms with E-state index in [2.05, 4.69) is 10.3 Å². The molecule has 7 heteroatoms. The molecule has 2 heterocycles. The molecule has 0 unspecified atom stereocenters. The van der Waals surface area contributed by atoms with Crippen molar-refractivity contribution in [2.45, 2.75) is 37.4 Å². The molecular weight excluding hydrogens is 398 g/mol. The lowest BCUT2D eigenvalue weighted by molar-refractivity contribution is -0.125. The topological polar surface area (TPSA) is 79.4 Å². The lowest BCUT2D eigenvalue weighted by atomic mass is 9.95. The molecule has 154 valence electrons. The minimum atomic E-state index is -3.84. The Labute approximate surface area is 176 Å². The van der Waals surface area contributed by atoms with Crippen LogP contribution in [-0.4, -0.2) is 29.7 Å². The van der Waals surface area contributed by atoms with Crippen LogP contribution >= 0.6 is 0 Å². The van der Waals surface area contributed by atoms with Crippen molar-refractivity contribution in [1.82, 2.24) is 14.6 Å². The quantitative estimate of drug-likeness (QED) is 0.687. The Balaban J connectivity index is 1.65. The largest absolute Gasteiger partial charge is 0.351 e. The summed E-state index contributed by atoms with van der Waals surface area (Å²) in [4.78, 5) is 17.3. The van der Waals surface area contributed by atoms with Crippen molar-refractivity contribution in [3.63, 3.8) is 0 Å². The molecule has 0 saturated carbocycles. The maximum atomic E-state index is 13.4. The SMILES string of the molecule is Cc1ccc(S(=O)(=O)N2Cc3ccccc3C[C@@H]2C(=O)NCc2ccncc2)cc1. The van der Waals surface area contributed by atoms with E-state index in [-0.39, 0.29) is 17.3 Å². The van der Waals surface area contributed by atoms with Crippen molar-refractivity contribution in [1.29, 1.82) is 0 Å². The molecule has 1 atom stereocenters. The molecular formula is C23H23N3O3S. The highest BCUT2D eigenvalue weighted by Gasteiger charge is 2.39. The lowest BCUT2D eigenvalue weighted by Crippen LogP contribution is -2.52. The van der Waals surface area contributed by atoms with Crippen molar-refractivity contribution in [3.05, 3.63) is 95.3 Å². The summed E-state index contributed by atoms with van der Waals surface area (Å²) in [6.45, 7) is 2.39. The van der Waals surface area contributed by atoms with Crippen LogP contribution in [0.15, 0.2) is 78.0 Å². The van der Waals surface area contributed by atoms with E-state index >= 15 is 0 Å². The second-order valence-electron chi connectivity index (χ2n) is 7.43. The van der Waals surface area contributed by atoms with Crippen molar-refractivity contribution < 1.29 is 13.2 Å². The molecule has 3 aromatic rings. The summed E-state index contributed by atoms with van der Waals surface area (Å²) in [6.07, 6.45) is 3.66. The molecule has 2 aromatic carbocycles. The van der Waals surface area contributed by atoms with Crippen molar-refractivity contribution in [2.24, 2.45) is 0 Å². The van der Waals surface area contributed by atoms with E-state index in [1.165, 1.54) is 4.31 Å². The fraction of sp³-hybridized carbons (Fsp3) is 0.217. The number of aromatic nitrogens is 1. The zero-order valence-electron chi connectivity index (χ0n) is 16.7. The Kier molecular flexibility index (Phi) is 5.65. The minimum Gasteiger partial charge on any atom is -0.351 e. The van der Waals surface area contributed by atoms with E-state index in [1.54, 1.807) is 36.7 Å². The molecule has 0 spiro atoms. The second kappa shape index (κ2) is 8.38. The number of hydrogen-bond donors (Lipinski definition) is 1. The normalized spacial score (nSPS) is 16.6. The molecule has 30 heavy (non-hydrogen) atoms. The molecule has 1 aliphatic heterocycles. The van der Waals surface area contributed by atoms with Crippen LogP contribution in [0.3, 0.4) is 0 Å². The zero-order valence-corrected chi connectivity index (χ0v) is 17.5. The Hall–Kier alpha value is -3.03. The van der Waals surface area contributed by atoms with Crippen LogP contribution in [0.2, 0.25) is 0 Å². The Bertz CT molecular complexity index is 1150. The third kappa shape index (κ3) is 4.13. The van der Waals surface area contributed by atoms with Gasteiger partial charge in [0.25, 0.3) is 0 Å². The van der Waals surface area contributed by atoms with Gasteiger partial charge in [0.05, 0.1) is 4.90 Å². The van der Waals surface area contributed by atoms with Gasteiger partial charge in [0.2, 0.25) is 15.9 Å². The number of nitrogens with one attached hydrogen (secondary N) is 1. The summed E-state index contributed by atoms with van der Waals surface area (Å²) in [7, 11) is -3.84.